The molecular weight excluding hydrogens is 398 g/mol. The van der Waals surface area contributed by atoms with Crippen LogP contribution in [0.25, 0.3) is 0 Å². The highest BCUT2D eigenvalue weighted by Gasteiger charge is 2.47. The molecule has 1 aliphatic heterocycles. The van der Waals surface area contributed by atoms with E-state index in [0.717, 1.165) is 16.7 Å². The summed E-state index contributed by atoms with van der Waals surface area (Å²) in [5.41, 5.74) is 1.96. The molecule has 1 atom stereocenters. The highest BCUT2D eigenvalue weighted by Crippen LogP contribution is 2.38. The Kier molecular flexibility index (Phi) is 7.73. The lowest BCUT2D eigenvalue weighted by Gasteiger charge is -2.40. The summed E-state index contributed by atoms with van der Waals surface area (Å²) in [6.45, 7) is 14.4. The van der Waals surface area contributed by atoms with Crippen LogP contribution in [0.3, 0.4) is 0 Å². The number of fused-ring (bicyclic) bond motifs is 1. The fourth-order valence-electron chi connectivity index (χ4n) is 3.62. The molecule has 1 aromatic carbocycles. The Morgan fingerprint density at radius 1 is 1.00 bits per heavy atom. The van der Waals surface area contributed by atoms with Gasteiger partial charge in [0.15, 0.2) is 5.92 Å². The average molecular weight is 434 g/mol. The van der Waals surface area contributed by atoms with Crippen LogP contribution in [0, 0.1) is 12.8 Å². The SMILES string of the molecule is Cc1ccc2c(c1)[C@H](C(C(=O)OC(C)C)C(=O)OC(C)C)N(C(=O)OC(C)(C)C)CC2. The maximum Gasteiger partial charge on any atom is 0.410 e. The minimum Gasteiger partial charge on any atom is -0.462 e. The molecule has 0 spiro atoms. The summed E-state index contributed by atoms with van der Waals surface area (Å²) < 4.78 is 16.5. The maximum atomic E-state index is 13.1. The van der Waals surface area contributed by atoms with Gasteiger partial charge in [-0.25, -0.2) is 4.79 Å². The van der Waals surface area contributed by atoms with E-state index in [1.807, 2.05) is 25.1 Å². The number of amides is 1. The molecule has 31 heavy (non-hydrogen) atoms. The van der Waals surface area contributed by atoms with Crippen LogP contribution in [0.15, 0.2) is 18.2 Å². The number of nitrogens with zero attached hydrogens (tertiary/aromatic N) is 1. The van der Waals surface area contributed by atoms with E-state index in [0.29, 0.717) is 13.0 Å². The number of benzene rings is 1. The molecule has 7 heteroatoms. The van der Waals surface area contributed by atoms with Gasteiger partial charge in [-0.2, -0.15) is 0 Å². The van der Waals surface area contributed by atoms with Crippen LogP contribution in [0.4, 0.5) is 4.79 Å². The van der Waals surface area contributed by atoms with Crippen molar-refractivity contribution in [3.8, 4) is 0 Å². The quantitative estimate of drug-likeness (QED) is 0.390. The zero-order chi connectivity index (χ0) is 23.5. The Balaban J connectivity index is 2.61. The Morgan fingerprint density at radius 2 is 1.55 bits per heavy atom. The largest absolute Gasteiger partial charge is 0.462 e. The van der Waals surface area contributed by atoms with E-state index in [2.05, 4.69) is 0 Å². The normalized spacial score (nSPS) is 16.4. The third-order valence-electron chi connectivity index (χ3n) is 4.73. The summed E-state index contributed by atoms with van der Waals surface area (Å²) in [6, 6.07) is 4.99. The second kappa shape index (κ2) is 9.71. The van der Waals surface area contributed by atoms with Gasteiger partial charge in [0.2, 0.25) is 0 Å². The fourth-order valence-corrected chi connectivity index (χ4v) is 3.62. The number of hydrogen-bond donors (Lipinski definition) is 0. The molecule has 172 valence electrons. The molecule has 7 nitrogen and oxygen atoms in total. The number of aryl methyl sites for hydroxylation is 1. The number of hydrogen-bond acceptors (Lipinski definition) is 6. The molecule has 1 aromatic rings. The first-order valence-corrected chi connectivity index (χ1v) is 10.8. The van der Waals surface area contributed by atoms with Gasteiger partial charge in [-0.1, -0.05) is 23.8 Å². The molecule has 0 N–H and O–H groups in total. The van der Waals surface area contributed by atoms with Gasteiger partial charge in [0.1, 0.15) is 5.60 Å². The summed E-state index contributed by atoms with van der Waals surface area (Å²) >= 11 is 0. The minimum absolute atomic E-state index is 0.316. The lowest BCUT2D eigenvalue weighted by atomic mass is 9.83. The van der Waals surface area contributed by atoms with Gasteiger partial charge in [0.05, 0.1) is 18.2 Å². The Morgan fingerprint density at radius 3 is 2.03 bits per heavy atom. The zero-order valence-electron chi connectivity index (χ0n) is 19.9. The van der Waals surface area contributed by atoms with Gasteiger partial charge in [-0.05, 0) is 72.9 Å². The second-order valence-corrected chi connectivity index (χ2v) is 9.52. The van der Waals surface area contributed by atoms with Gasteiger partial charge in [-0.3, -0.25) is 14.5 Å². The van der Waals surface area contributed by atoms with Crippen molar-refractivity contribution in [1.29, 1.82) is 0 Å². The van der Waals surface area contributed by atoms with Crippen molar-refractivity contribution < 1.29 is 28.6 Å². The van der Waals surface area contributed by atoms with Crippen molar-refractivity contribution >= 4 is 18.0 Å². The van der Waals surface area contributed by atoms with Crippen LogP contribution in [0.5, 0.6) is 0 Å². The molecule has 0 aromatic heterocycles. The number of rotatable bonds is 5. The van der Waals surface area contributed by atoms with Crippen LogP contribution in [0.1, 0.15) is 71.2 Å². The molecule has 1 heterocycles. The smallest absolute Gasteiger partial charge is 0.410 e. The average Bonchev–Trinajstić information content (AvgIpc) is 2.59. The predicted octanol–water partition coefficient (Wildman–Crippen LogP) is 4.35. The highest BCUT2D eigenvalue weighted by atomic mass is 16.6. The molecule has 0 saturated heterocycles. The minimum atomic E-state index is -1.32. The fraction of sp³-hybridized carbons (Fsp3) is 0.625. The maximum absolute atomic E-state index is 13.1. The first-order chi connectivity index (χ1) is 14.3. The van der Waals surface area contributed by atoms with Gasteiger partial charge in [-0.15, -0.1) is 0 Å². The van der Waals surface area contributed by atoms with Crippen molar-refractivity contribution in [3.05, 3.63) is 34.9 Å². The van der Waals surface area contributed by atoms with Gasteiger partial charge in [0.25, 0.3) is 0 Å². The topological polar surface area (TPSA) is 82.1 Å². The molecule has 0 radical (unpaired) electrons. The summed E-state index contributed by atoms with van der Waals surface area (Å²) in [6.07, 6.45) is -0.824. The third-order valence-corrected chi connectivity index (χ3v) is 4.73. The number of ether oxygens (including phenoxy) is 3. The van der Waals surface area contributed by atoms with E-state index in [4.69, 9.17) is 14.2 Å². The summed E-state index contributed by atoms with van der Waals surface area (Å²) in [5, 5.41) is 0. The lowest BCUT2D eigenvalue weighted by molar-refractivity contribution is -0.170. The summed E-state index contributed by atoms with van der Waals surface area (Å²) in [5.74, 6) is -2.75. The molecule has 1 amide bonds. The van der Waals surface area contributed by atoms with E-state index in [1.54, 1.807) is 48.5 Å². The first-order valence-electron chi connectivity index (χ1n) is 10.8. The van der Waals surface area contributed by atoms with Crippen molar-refractivity contribution in [2.75, 3.05) is 6.54 Å². The van der Waals surface area contributed by atoms with Crippen molar-refractivity contribution in [2.24, 2.45) is 5.92 Å². The van der Waals surface area contributed by atoms with Crippen LogP contribution in [-0.2, 0) is 30.2 Å². The number of carbonyl (C=O) groups excluding carboxylic acids is 3. The molecule has 0 fully saturated rings. The van der Waals surface area contributed by atoms with Crippen LogP contribution >= 0.6 is 0 Å². The molecule has 0 unspecified atom stereocenters. The molecule has 0 saturated carbocycles. The Labute approximate surface area is 185 Å². The van der Waals surface area contributed by atoms with E-state index in [-0.39, 0.29) is 0 Å². The standard InChI is InChI=1S/C24H35NO6/c1-14(2)29-21(26)19(22(27)30-15(3)4)20-18-13-16(5)9-10-17(18)11-12-25(20)23(28)31-24(6,7)8/h9-10,13-15,19-20H,11-12H2,1-8H3/t20-/m1/s1. The first kappa shape index (κ1) is 24.7. The van der Waals surface area contributed by atoms with E-state index in [9.17, 15) is 14.4 Å². The molecular formula is C24H35NO6. The van der Waals surface area contributed by atoms with Crippen LogP contribution < -0.4 is 0 Å². The molecule has 0 bridgehead atoms. The summed E-state index contributed by atoms with van der Waals surface area (Å²) in [4.78, 5) is 40.8. The lowest BCUT2D eigenvalue weighted by Crippen LogP contribution is -2.50. The predicted molar refractivity (Wildman–Crippen MR) is 117 cm³/mol. The van der Waals surface area contributed by atoms with Crippen molar-refractivity contribution in [2.45, 2.75) is 85.7 Å². The Hall–Kier alpha value is -2.57. The highest BCUT2D eigenvalue weighted by molar-refractivity contribution is 5.96. The van der Waals surface area contributed by atoms with Crippen molar-refractivity contribution in [1.82, 2.24) is 4.90 Å². The van der Waals surface area contributed by atoms with Crippen LogP contribution in [-0.4, -0.2) is 47.3 Å². The third kappa shape index (κ3) is 6.45. The monoisotopic (exact) mass is 433 g/mol. The zero-order valence-corrected chi connectivity index (χ0v) is 19.9. The Bertz CT molecular complexity index is 802. The second-order valence-electron chi connectivity index (χ2n) is 9.52. The van der Waals surface area contributed by atoms with E-state index < -0.39 is 47.8 Å². The van der Waals surface area contributed by atoms with Gasteiger partial charge < -0.3 is 14.2 Å². The van der Waals surface area contributed by atoms with E-state index in [1.165, 1.54) is 4.90 Å². The number of esters is 2. The molecule has 2 rings (SSSR count). The molecule has 0 aliphatic carbocycles. The van der Waals surface area contributed by atoms with Gasteiger partial charge in [0, 0.05) is 6.54 Å². The van der Waals surface area contributed by atoms with E-state index >= 15 is 0 Å². The number of carbonyl (C=O) groups is 3. The van der Waals surface area contributed by atoms with Gasteiger partial charge >= 0.3 is 18.0 Å². The van der Waals surface area contributed by atoms with Crippen LogP contribution in [0.2, 0.25) is 0 Å². The summed E-state index contributed by atoms with van der Waals surface area (Å²) in [7, 11) is 0. The van der Waals surface area contributed by atoms with Crippen molar-refractivity contribution in [3.63, 3.8) is 0 Å². The molecule has 1 aliphatic rings.